The molecular formula is C15H22ClNO. The molecule has 1 aliphatic heterocycles. The topological polar surface area (TPSA) is 23.5 Å². The lowest BCUT2D eigenvalue weighted by Gasteiger charge is -2.24. The van der Waals surface area contributed by atoms with E-state index in [1.165, 1.54) is 24.9 Å². The molecule has 1 atom stereocenters. The van der Waals surface area contributed by atoms with Gasteiger partial charge in [0.2, 0.25) is 0 Å². The average molecular weight is 268 g/mol. The van der Waals surface area contributed by atoms with Crippen LogP contribution in [0.2, 0.25) is 5.02 Å². The molecule has 3 heteroatoms. The van der Waals surface area contributed by atoms with Gasteiger partial charge in [0.05, 0.1) is 0 Å². The van der Waals surface area contributed by atoms with E-state index >= 15 is 0 Å². The van der Waals surface area contributed by atoms with Gasteiger partial charge in [-0.1, -0.05) is 29.8 Å². The second kappa shape index (κ2) is 7.13. The predicted molar refractivity (Wildman–Crippen MR) is 76.1 cm³/mol. The molecule has 1 saturated heterocycles. The number of rotatable bonds is 6. The smallest absolute Gasteiger partial charge is 0.0438 e. The molecule has 0 radical (unpaired) electrons. The summed E-state index contributed by atoms with van der Waals surface area (Å²) in [5.41, 5.74) is 1.26. The van der Waals surface area contributed by atoms with Gasteiger partial charge in [-0.25, -0.2) is 0 Å². The lowest BCUT2D eigenvalue weighted by molar-refractivity contribution is 0.228. The summed E-state index contributed by atoms with van der Waals surface area (Å²) in [7, 11) is 0. The number of likely N-dealkylation sites (tertiary alicyclic amines) is 1. The van der Waals surface area contributed by atoms with Crippen molar-refractivity contribution >= 4 is 11.6 Å². The van der Waals surface area contributed by atoms with Crippen molar-refractivity contribution in [1.29, 1.82) is 0 Å². The molecule has 2 rings (SSSR count). The fourth-order valence-electron chi connectivity index (χ4n) is 2.77. The van der Waals surface area contributed by atoms with Gasteiger partial charge in [0, 0.05) is 17.7 Å². The standard InChI is InChI=1S/C15H22ClNO/c16-15-8-2-1-6-13(15)12-14-7-5-10-17(14)9-3-4-11-18/h1-2,6,8,14,18H,3-5,7,9-12H2. The highest BCUT2D eigenvalue weighted by molar-refractivity contribution is 6.31. The summed E-state index contributed by atoms with van der Waals surface area (Å²) in [5, 5.41) is 9.73. The van der Waals surface area contributed by atoms with E-state index in [0.29, 0.717) is 12.6 Å². The van der Waals surface area contributed by atoms with Crippen LogP contribution in [0.5, 0.6) is 0 Å². The Bertz CT molecular complexity index is 369. The van der Waals surface area contributed by atoms with E-state index in [9.17, 15) is 0 Å². The zero-order valence-corrected chi connectivity index (χ0v) is 11.6. The fourth-order valence-corrected chi connectivity index (χ4v) is 2.98. The quantitative estimate of drug-likeness (QED) is 0.801. The molecule has 0 aliphatic carbocycles. The van der Waals surface area contributed by atoms with Gasteiger partial charge in [0.25, 0.3) is 0 Å². The second-order valence-electron chi connectivity index (χ2n) is 5.06. The zero-order chi connectivity index (χ0) is 12.8. The number of nitrogens with zero attached hydrogens (tertiary/aromatic N) is 1. The van der Waals surface area contributed by atoms with E-state index in [4.69, 9.17) is 16.7 Å². The third-order valence-electron chi connectivity index (χ3n) is 3.77. The van der Waals surface area contributed by atoms with Crippen LogP contribution in [-0.2, 0) is 6.42 Å². The molecule has 1 fully saturated rings. The van der Waals surface area contributed by atoms with Gasteiger partial charge in [-0.2, -0.15) is 0 Å². The van der Waals surface area contributed by atoms with E-state index in [2.05, 4.69) is 17.0 Å². The summed E-state index contributed by atoms with van der Waals surface area (Å²) < 4.78 is 0. The lowest BCUT2D eigenvalue weighted by Crippen LogP contribution is -2.32. The lowest BCUT2D eigenvalue weighted by atomic mass is 10.0. The first-order valence-corrected chi connectivity index (χ1v) is 7.27. The Kier molecular flexibility index (Phi) is 5.48. The third-order valence-corrected chi connectivity index (χ3v) is 4.13. The number of unbranched alkanes of at least 4 members (excludes halogenated alkanes) is 1. The highest BCUT2D eigenvalue weighted by Crippen LogP contribution is 2.24. The predicted octanol–water partition coefficient (Wildman–Crippen LogP) is 3.12. The van der Waals surface area contributed by atoms with Gasteiger partial charge in [-0.05, 0) is 56.8 Å². The van der Waals surface area contributed by atoms with E-state index in [-0.39, 0.29) is 0 Å². The molecule has 1 heterocycles. The van der Waals surface area contributed by atoms with Gasteiger partial charge >= 0.3 is 0 Å². The normalized spacial score (nSPS) is 20.4. The maximum atomic E-state index is 8.84. The van der Waals surface area contributed by atoms with Crippen molar-refractivity contribution in [3.63, 3.8) is 0 Å². The Balaban J connectivity index is 1.89. The van der Waals surface area contributed by atoms with Crippen molar-refractivity contribution in [1.82, 2.24) is 4.90 Å². The minimum atomic E-state index is 0.309. The molecule has 1 N–H and O–H groups in total. The minimum Gasteiger partial charge on any atom is -0.396 e. The minimum absolute atomic E-state index is 0.309. The zero-order valence-electron chi connectivity index (χ0n) is 10.8. The highest BCUT2D eigenvalue weighted by Gasteiger charge is 2.24. The summed E-state index contributed by atoms with van der Waals surface area (Å²) in [6.07, 6.45) is 5.61. The Morgan fingerprint density at radius 1 is 1.28 bits per heavy atom. The van der Waals surface area contributed by atoms with Crippen LogP contribution in [0.4, 0.5) is 0 Å². The van der Waals surface area contributed by atoms with Gasteiger partial charge in [-0.3, -0.25) is 0 Å². The second-order valence-corrected chi connectivity index (χ2v) is 5.47. The van der Waals surface area contributed by atoms with Crippen LogP contribution in [0.15, 0.2) is 24.3 Å². The van der Waals surface area contributed by atoms with Gasteiger partial charge in [0.15, 0.2) is 0 Å². The van der Waals surface area contributed by atoms with E-state index in [1.807, 2.05) is 12.1 Å². The highest BCUT2D eigenvalue weighted by atomic mass is 35.5. The molecule has 2 nitrogen and oxygen atoms in total. The Labute approximate surface area is 115 Å². The fraction of sp³-hybridized carbons (Fsp3) is 0.600. The van der Waals surface area contributed by atoms with Crippen LogP contribution in [0.1, 0.15) is 31.2 Å². The first-order chi connectivity index (χ1) is 8.81. The van der Waals surface area contributed by atoms with Crippen LogP contribution in [0.3, 0.4) is 0 Å². The number of hydrogen-bond acceptors (Lipinski definition) is 2. The average Bonchev–Trinajstić information content (AvgIpc) is 2.80. The molecule has 100 valence electrons. The first kappa shape index (κ1) is 13.9. The van der Waals surface area contributed by atoms with Gasteiger partial charge in [-0.15, -0.1) is 0 Å². The Morgan fingerprint density at radius 3 is 2.89 bits per heavy atom. The first-order valence-electron chi connectivity index (χ1n) is 6.89. The van der Waals surface area contributed by atoms with Crippen molar-refractivity contribution in [3.05, 3.63) is 34.9 Å². The maximum Gasteiger partial charge on any atom is 0.0438 e. The maximum absolute atomic E-state index is 8.84. The largest absolute Gasteiger partial charge is 0.396 e. The molecule has 0 saturated carbocycles. The van der Waals surface area contributed by atoms with Crippen molar-refractivity contribution in [2.75, 3.05) is 19.7 Å². The molecule has 0 spiro atoms. The van der Waals surface area contributed by atoms with Crippen molar-refractivity contribution in [2.24, 2.45) is 0 Å². The molecule has 0 aromatic heterocycles. The molecule has 1 unspecified atom stereocenters. The molecule has 1 aromatic carbocycles. The third kappa shape index (κ3) is 3.71. The number of aliphatic hydroxyl groups is 1. The Morgan fingerprint density at radius 2 is 2.11 bits per heavy atom. The summed E-state index contributed by atoms with van der Waals surface area (Å²) in [4.78, 5) is 2.55. The van der Waals surface area contributed by atoms with E-state index in [1.54, 1.807) is 0 Å². The van der Waals surface area contributed by atoms with Crippen LogP contribution in [-0.4, -0.2) is 35.7 Å². The number of benzene rings is 1. The molecule has 1 aliphatic rings. The molecule has 0 bridgehead atoms. The molecular weight excluding hydrogens is 246 g/mol. The molecule has 0 amide bonds. The Hall–Kier alpha value is -0.570. The van der Waals surface area contributed by atoms with E-state index < -0.39 is 0 Å². The van der Waals surface area contributed by atoms with Crippen LogP contribution in [0.25, 0.3) is 0 Å². The number of hydrogen-bond donors (Lipinski definition) is 1. The van der Waals surface area contributed by atoms with Crippen LogP contribution < -0.4 is 0 Å². The van der Waals surface area contributed by atoms with Crippen LogP contribution in [0, 0.1) is 0 Å². The summed E-state index contributed by atoms with van der Waals surface area (Å²) in [5.74, 6) is 0. The number of halogens is 1. The SMILES string of the molecule is OCCCCN1CCCC1Cc1ccccc1Cl. The monoisotopic (exact) mass is 267 g/mol. The summed E-state index contributed by atoms with van der Waals surface area (Å²) in [6.45, 7) is 2.61. The van der Waals surface area contributed by atoms with Gasteiger partial charge in [0.1, 0.15) is 0 Å². The summed E-state index contributed by atoms with van der Waals surface area (Å²) >= 11 is 6.23. The number of aliphatic hydroxyl groups excluding tert-OH is 1. The van der Waals surface area contributed by atoms with Crippen molar-refractivity contribution < 1.29 is 5.11 Å². The van der Waals surface area contributed by atoms with Crippen molar-refractivity contribution in [3.8, 4) is 0 Å². The molecule has 1 aromatic rings. The van der Waals surface area contributed by atoms with Gasteiger partial charge < -0.3 is 10.0 Å². The van der Waals surface area contributed by atoms with E-state index in [0.717, 1.165) is 30.8 Å². The molecule has 18 heavy (non-hydrogen) atoms. The van der Waals surface area contributed by atoms with Crippen LogP contribution >= 0.6 is 11.6 Å². The summed E-state index contributed by atoms with van der Waals surface area (Å²) in [6, 6.07) is 8.78. The van der Waals surface area contributed by atoms with Crippen molar-refractivity contribution in [2.45, 2.75) is 38.1 Å².